The molecule has 0 spiro atoms. The number of nitrogens with one attached hydrogen (secondary N) is 1. The number of hydrogen-bond donors (Lipinski definition) is 2. The predicted octanol–water partition coefficient (Wildman–Crippen LogP) is 0.797. The van der Waals surface area contributed by atoms with Gasteiger partial charge in [-0.3, -0.25) is 9.59 Å². The molecule has 2 rings (SSSR count). The zero-order valence-corrected chi connectivity index (χ0v) is 11.5. The summed E-state index contributed by atoms with van der Waals surface area (Å²) in [6.45, 7) is 5.23. The third-order valence-electron chi connectivity index (χ3n) is 3.08. The Morgan fingerprint density at radius 1 is 1.45 bits per heavy atom. The van der Waals surface area contributed by atoms with E-state index in [9.17, 15) is 9.59 Å². The van der Waals surface area contributed by atoms with E-state index in [1.165, 1.54) is 13.1 Å². The van der Waals surface area contributed by atoms with Gasteiger partial charge in [0.1, 0.15) is 0 Å². The summed E-state index contributed by atoms with van der Waals surface area (Å²) in [6.07, 6.45) is 1.48. The number of carbonyl (C=O) groups is 2. The van der Waals surface area contributed by atoms with Gasteiger partial charge in [-0.2, -0.15) is 5.10 Å². The van der Waals surface area contributed by atoms with Gasteiger partial charge >= 0.3 is 5.97 Å². The molecule has 0 aromatic carbocycles. The van der Waals surface area contributed by atoms with Crippen LogP contribution in [0.1, 0.15) is 28.7 Å². The number of fused-ring (bicyclic) bond motifs is 1. The molecule has 0 radical (unpaired) electrons. The largest absolute Gasteiger partial charge is 0.481 e. The van der Waals surface area contributed by atoms with E-state index in [0.29, 0.717) is 16.9 Å². The summed E-state index contributed by atoms with van der Waals surface area (Å²) in [7, 11) is 0. The van der Waals surface area contributed by atoms with Crippen LogP contribution in [0, 0.1) is 19.8 Å². The van der Waals surface area contributed by atoms with Crippen LogP contribution in [0.5, 0.6) is 0 Å². The molecule has 0 aliphatic heterocycles. The average molecular weight is 276 g/mol. The Kier molecular flexibility index (Phi) is 3.69. The first kappa shape index (κ1) is 14.0. The minimum atomic E-state index is -0.946. The second-order valence-electron chi connectivity index (χ2n) is 4.76. The molecule has 0 aliphatic carbocycles. The molecule has 2 heterocycles. The Hall–Kier alpha value is -2.44. The van der Waals surface area contributed by atoms with Gasteiger partial charge in [0, 0.05) is 18.8 Å². The number of amides is 1. The monoisotopic (exact) mass is 276 g/mol. The Balaban J connectivity index is 2.22. The number of rotatable bonds is 4. The van der Waals surface area contributed by atoms with E-state index in [1.807, 2.05) is 13.0 Å². The summed E-state index contributed by atoms with van der Waals surface area (Å²) in [6, 6.07) is 1.82. The molecule has 1 amide bonds. The smallest absolute Gasteiger partial charge is 0.308 e. The first-order chi connectivity index (χ1) is 9.40. The van der Waals surface area contributed by atoms with Crippen LogP contribution in [-0.4, -0.2) is 38.1 Å². The highest BCUT2D eigenvalue weighted by atomic mass is 16.4. The molecule has 1 atom stereocenters. The van der Waals surface area contributed by atoms with Gasteiger partial charge in [-0.25, -0.2) is 9.50 Å². The van der Waals surface area contributed by atoms with Crippen LogP contribution < -0.4 is 5.32 Å². The van der Waals surface area contributed by atoms with Crippen LogP contribution in [-0.2, 0) is 4.79 Å². The molecule has 0 aliphatic rings. The summed E-state index contributed by atoms with van der Waals surface area (Å²) in [5.74, 6) is -1.93. The lowest BCUT2D eigenvalue weighted by atomic mass is 10.1. The van der Waals surface area contributed by atoms with Crippen LogP contribution in [0.4, 0.5) is 0 Å². The van der Waals surface area contributed by atoms with Crippen molar-refractivity contribution in [2.45, 2.75) is 20.8 Å². The van der Waals surface area contributed by atoms with Gasteiger partial charge in [-0.1, -0.05) is 6.92 Å². The number of nitrogens with zero attached hydrogens (tertiary/aromatic N) is 3. The summed E-state index contributed by atoms with van der Waals surface area (Å²) < 4.78 is 1.60. The molecule has 0 saturated heterocycles. The van der Waals surface area contributed by atoms with Crippen molar-refractivity contribution in [2.75, 3.05) is 6.54 Å². The van der Waals surface area contributed by atoms with Crippen molar-refractivity contribution in [1.29, 1.82) is 0 Å². The Morgan fingerprint density at radius 2 is 2.15 bits per heavy atom. The molecule has 0 fully saturated rings. The zero-order chi connectivity index (χ0) is 14.9. The molecule has 0 bridgehead atoms. The second-order valence-corrected chi connectivity index (χ2v) is 4.76. The van der Waals surface area contributed by atoms with Crippen molar-refractivity contribution < 1.29 is 14.7 Å². The lowest BCUT2D eigenvalue weighted by Gasteiger charge is -2.10. The van der Waals surface area contributed by atoms with Crippen LogP contribution in [0.3, 0.4) is 0 Å². The van der Waals surface area contributed by atoms with Crippen molar-refractivity contribution in [3.8, 4) is 0 Å². The normalized spacial score (nSPS) is 12.3. The SMILES string of the molecule is Cc1cc2ncc(C(=O)NCC(C)C(=O)O)c(C)n2n1. The molecular formula is C13H16N4O3. The highest BCUT2D eigenvalue weighted by Crippen LogP contribution is 2.11. The van der Waals surface area contributed by atoms with E-state index in [2.05, 4.69) is 15.4 Å². The van der Waals surface area contributed by atoms with Crippen molar-refractivity contribution in [3.05, 3.63) is 29.2 Å². The first-order valence-corrected chi connectivity index (χ1v) is 6.23. The molecule has 7 nitrogen and oxygen atoms in total. The van der Waals surface area contributed by atoms with E-state index in [0.717, 1.165) is 5.69 Å². The van der Waals surface area contributed by atoms with Gasteiger partial charge in [0.2, 0.25) is 0 Å². The molecule has 2 N–H and O–H groups in total. The van der Waals surface area contributed by atoms with Gasteiger partial charge in [0.15, 0.2) is 5.65 Å². The third-order valence-corrected chi connectivity index (χ3v) is 3.08. The number of aliphatic carboxylic acids is 1. The van der Waals surface area contributed by atoms with Crippen molar-refractivity contribution in [3.63, 3.8) is 0 Å². The number of aromatic nitrogens is 3. The summed E-state index contributed by atoms with van der Waals surface area (Å²) >= 11 is 0. The maximum atomic E-state index is 12.1. The van der Waals surface area contributed by atoms with Gasteiger partial charge in [0.05, 0.1) is 22.9 Å². The summed E-state index contributed by atoms with van der Waals surface area (Å²) in [5, 5.41) is 15.6. The van der Waals surface area contributed by atoms with Crippen LogP contribution in [0.2, 0.25) is 0 Å². The topological polar surface area (TPSA) is 96.6 Å². The molecule has 1 unspecified atom stereocenters. The number of hydrogen-bond acceptors (Lipinski definition) is 4. The number of carboxylic acids is 1. The Bertz CT molecular complexity index is 678. The second kappa shape index (κ2) is 5.28. The number of carbonyl (C=O) groups excluding carboxylic acids is 1. The Labute approximate surface area is 115 Å². The quantitative estimate of drug-likeness (QED) is 0.860. The van der Waals surface area contributed by atoms with Crippen molar-refractivity contribution in [1.82, 2.24) is 19.9 Å². The minimum Gasteiger partial charge on any atom is -0.481 e. The van der Waals surface area contributed by atoms with E-state index in [-0.39, 0.29) is 12.5 Å². The molecule has 20 heavy (non-hydrogen) atoms. The first-order valence-electron chi connectivity index (χ1n) is 6.23. The molecule has 0 saturated carbocycles. The fourth-order valence-electron chi connectivity index (χ4n) is 1.81. The van der Waals surface area contributed by atoms with Crippen LogP contribution >= 0.6 is 0 Å². The fourth-order valence-corrected chi connectivity index (χ4v) is 1.81. The third kappa shape index (κ3) is 2.61. The van der Waals surface area contributed by atoms with E-state index < -0.39 is 11.9 Å². The molecule has 2 aromatic rings. The Morgan fingerprint density at radius 3 is 2.80 bits per heavy atom. The fraction of sp³-hybridized carbons (Fsp3) is 0.385. The van der Waals surface area contributed by atoms with E-state index in [4.69, 9.17) is 5.11 Å². The zero-order valence-electron chi connectivity index (χ0n) is 11.5. The lowest BCUT2D eigenvalue weighted by molar-refractivity contribution is -0.140. The van der Waals surface area contributed by atoms with Gasteiger partial charge < -0.3 is 10.4 Å². The molecule has 7 heteroatoms. The maximum absolute atomic E-state index is 12.1. The van der Waals surface area contributed by atoms with E-state index in [1.54, 1.807) is 11.4 Å². The lowest BCUT2D eigenvalue weighted by Crippen LogP contribution is -2.32. The van der Waals surface area contributed by atoms with Crippen molar-refractivity contribution in [2.24, 2.45) is 5.92 Å². The molecule has 106 valence electrons. The standard InChI is InChI=1S/C13H16N4O3/c1-7(13(19)20)5-15-12(18)10-6-14-11-4-8(2)16-17(11)9(10)3/h4,6-7H,5H2,1-3H3,(H,15,18)(H,19,20). The highest BCUT2D eigenvalue weighted by Gasteiger charge is 2.16. The van der Waals surface area contributed by atoms with E-state index >= 15 is 0 Å². The van der Waals surface area contributed by atoms with Gasteiger partial charge in [-0.05, 0) is 13.8 Å². The van der Waals surface area contributed by atoms with Gasteiger partial charge in [0.25, 0.3) is 5.91 Å². The maximum Gasteiger partial charge on any atom is 0.308 e. The number of aryl methyl sites for hydroxylation is 2. The average Bonchev–Trinajstić information content (AvgIpc) is 2.77. The van der Waals surface area contributed by atoms with Crippen molar-refractivity contribution >= 4 is 17.5 Å². The van der Waals surface area contributed by atoms with Crippen LogP contribution in [0.15, 0.2) is 12.3 Å². The van der Waals surface area contributed by atoms with Crippen LogP contribution in [0.25, 0.3) is 5.65 Å². The highest BCUT2D eigenvalue weighted by molar-refractivity contribution is 5.95. The molecule has 2 aromatic heterocycles. The summed E-state index contributed by atoms with van der Waals surface area (Å²) in [5.41, 5.74) is 2.55. The minimum absolute atomic E-state index is 0.0732. The predicted molar refractivity (Wildman–Crippen MR) is 71.6 cm³/mol. The number of carboxylic acid groups (broad SMARTS) is 1. The molecular weight excluding hydrogens is 260 g/mol. The van der Waals surface area contributed by atoms with Gasteiger partial charge in [-0.15, -0.1) is 0 Å². The summed E-state index contributed by atoms with van der Waals surface area (Å²) in [4.78, 5) is 26.9.